The van der Waals surface area contributed by atoms with Crippen LogP contribution in [0.25, 0.3) is 10.6 Å². The van der Waals surface area contributed by atoms with E-state index in [9.17, 15) is 0 Å². The van der Waals surface area contributed by atoms with Crippen LogP contribution in [-0.2, 0) is 6.42 Å². The van der Waals surface area contributed by atoms with E-state index in [-0.39, 0.29) is 0 Å². The fourth-order valence-electron chi connectivity index (χ4n) is 1.38. The van der Waals surface area contributed by atoms with Crippen molar-refractivity contribution in [3.05, 3.63) is 26.4 Å². The van der Waals surface area contributed by atoms with Crippen molar-refractivity contribution >= 4 is 43.2 Å². The van der Waals surface area contributed by atoms with Crippen LogP contribution >= 0.6 is 43.2 Å². The molecule has 3 nitrogen and oxygen atoms in total. The molecule has 0 atom stereocenters. The standard InChI is InChI=1S/C11H12Br2N2OS/c1-2-14-4-3-10-15-6-8(16-10)9-5-7(12)11(13)17-9/h5-6,14H,2-4H2,1H3. The first-order valence-corrected chi connectivity index (χ1v) is 7.71. The highest BCUT2D eigenvalue weighted by Gasteiger charge is 2.11. The Morgan fingerprint density at radius 3 is 2.94 bits per heavy atom. The third-order valence-corrected chi connectivity index (χ3v) is 5.48. The monoisotopic (exact) mass is 378 g/mol. The lowest BCUT2D eigenvalue weighted by molar-refractivity contribution is 0.498. The minimum absolute atomic E-state index is 0.779. The maximum atomic E-state index is 5.70. The van der Waals surface area contributed by atoms with Crippen LogP contribution in [0.15, 0.2) is 24.9 Å². The highest BCUT2D eigenvalue weighted by Crippen LogP contribution is 2.38. The van der Waals surface area contributed by atoms with E-state index in [1.807, 2.05) is 6.07 Å². The van der Waals surface area contributed by atoms with E-state index in [0.717, 1.165) is 44.3 Å². The summed E-state index contributed by atoms with van der Waals surface area (Å²) in [5.41, 5.74) is 0. The van der Waals surface area contributed by atoms with Crippen molar-refractivity contribution in [2.75, 3.05) is 13.1 Å². The molecule has 2 heterocycles. The van der Waals surface area contributed by atoms with Gasteiger partial charge in [-0.1, -0.05) is 6.92 Å². The molecule has 0 radical (unpaired) electrons. The number of rotatable bonds is 5. The Hall–Kier alpha value is -0.170. The molecule has 0 saturated heterocycles. The Balaban J connectivity index is 2.07. The van der Waals surface area contributed by atoms with Gasteiger partial charge in [0.25, 0.3) is 0 Å². The van der Waals surface area contributed by atoms with Gasteiger partial charge in [0.2, 0.25) is 0 Å². The minimum Gasteiger partial charge on any atom is -0.440 e. The van der Waals surface area contributed by atoms with Gasteiger partial charge < -0.3 is 9.73 Å². The summed E-state index contributed by atoms with van der Waals surface area (Å²) in [5, 5.41) is 3.25. The first-order valence-electron chi connectivity index (χ1n) is 5.31. The maximum Gasteiger partial charge on any atom is 0.196 e. The number of hydrogen-bond donors (Lipinski definition) is 1. The van der Waals surface area contributed by atoms with Gasteiger partial charge in [-0.05, 0) is 44.5 Å². The number of nitrogens with zero attached hydrogens (tertiary/aromatic N) is 1. The summed E-state index contributed by atoms with van der Waals surface area (Å²) >= 11 is 8.56. The molecule has 0 aliphatic rings. The molecule has 0 fully saturated rings. The van der Waals surface area contributed by atoms with Crippen LogP contribution in [0.3, 0.4) is 0 Å². The van der Waals surface area contributed by atoms with Gasteiger partial charge in [0, 0.05) is 17.4 Å². The number of oxazole rings is 1. The second-order valence-electron chi connectivity index (χ2n) is 3.45. The number of aromatic nitrogens is 1. The van der Waals surface area contributed by atoms with Gasteiger partial charge in [-0.3, -0.25) is 0 Å². The van der Waals surface area contributed by atoms with E-state index < -0.39 is 0 Å². The molecule has 0 unspecified atom stereocenters. The van der Waals surface area contributed by atoms with Crippen molar-refractivity contribution < 1.29 is 4.42 Å². The molecule has 0 aromatic carbocycles. The molecule has 6 heteroatoms. The molecule has 17 heavy (non-hydrogen) atoms. The van der Waals surface area contributed by atoms with Crippen LogP contribution in [0.2, 0.25) is 0 Å². The average Bonchev–Trinajstić information content (AvgIpc) is 2.88. The normalized spacial score (nSPS) is 11.0. The molecule has 1 N–H and O–H groups in total. The van der Waals surface area contributed by atoms with Crippen molar-refractivity contribution in [2.24, 2.45) is 0 Å². The van der Waals surface area contributed by atoms with Crippen molar-refractivity contribution in [3.63, 3.8) is 0 Å². The molecule has 2 aromatic rings. The van der Waals surface area contributed by atoms with Crippen LogP contribution in [0.4, 0.5) is 0 Å². The van der Waals surface area contributed by atoms with E-state index >= 15 is 0 Å². The average molecular weight is 380 g/mol. The summed E-state index contributed by atoms with van der Waals surface area (Å²) in [4.78, 5) is 5.35. The maximum absolute atomic E-state index is 5.70. The lowest BCUT2D eigenvalue weighted by atomic mass is 10.4. The zero-order chi connectivity index (χ0) is 12.3. The number of likely N-dealkylation sites (N-methyl/N-ethyl adjacent to an activating group) is 1. The van der Waals surface area contributed by atoms with Gasteiger partial charge in [-0.15, -0.1) is 11.3 Å². The summed E-state index contributed by atoms with van der Waals surface area (Å²) in [6, 6.07) is 2.03. The van der Waals surface area contributed by atoms with Gasteiger partial charge in [-0.2, -0.15) is 0 Å². The summed E-state index contributed by atoms with van der Waals surface area (Å²) in [5.74, 6) is 1.61. The Bertz CT molecular complexity index is 476. The first kappa shape index (κ1) is 13.3. The highest BCUT2D eigenvalue weighted by atomic mass is 79.9. The summed E-state index contributed by atoms with van der Waals surface area (Å²) in [6.07, 6.45) is 2.60. The fraction of sp³-hybridized carbons (Fsp3) is 0.364. The van der Waals surface area contributed by atoms with Crippen LogP contribution in [0.5, 0.6) is 0 Å². The molecule has 0 bridgehead atoms. The van der Waals surface area contributed by atoms with Gasteiger partial charge in [-0.25, -0.2) is 4.98 Å². The summed E-state index contributed by atoms with van der Waals surface area (Å²) < 4.78 is 7.81. The zero-order valence-corrected chi connectivity index (χ0v) is 13.3. The molecule has 2 rings (SSSR count). The largest absolute Gasteiger partial charge is 0.440 e. The molecular weight excluding hydrogens is 368 g/mol. The summed E-state index contributed by atoms with van der Waals surface area (Å²) in [6.45, 7) is 3.95. The van der Waals surface area contributed by atoms with Crippen molar-refractivity contribution in [1.29, 1.82) is 0 Å². The number of nitrogens with one attached hydrogen (secondary N) is 1. The number of hydrogen-bond acceptors (Lipinski definition) is 4. The lowest BCUT2D eigenvalue weighted by Gasteiger charge is -1.96. The smallest absolute Gasteiger partial charge is 0.196 e. The van der Waals surface area contributed by atoms with Crippen molar-refractivity contribution in [1.82, 2.24) is 10.3 Å². The van der Waals surface area contributed by atoms with Crippen LogP contribution in [0.1, 0.15) is 12.8 Å². The summed E-state index contributed by atoms with van der Waals surface area (Å²) in [7, 11) is 0. The topological polar surface area (TPSA) is 38.1 Å². The second kappa shape index (κ2) is 6.13. The zero-order valence-electron chi connectivity index (χ0n) is 9.30. The van der Waals surface area contributed by atoms with E-state index in [1.165, 1.54) is 0 Å². The third-order valence-electron chi connectivity index (χ3n) is 2.21. The van der Waals surface area contributed by atoms with E-state index in [2.05, 4.69) is 49.1 Å². The van der Waals surface area contributed by atoms with Crippen LogP contribution in [0, 0.1) is 0 Å². The third kappa shape index (κ3) is 3.40. The molecule has 2 aromatic heterocycles. The molecule has 0 spiro atoms. The molecule has 0 aliphatic carbocycles. The van der Waals surface area contributed by atoms with Crippen LogP contribution in [-0.4, -0.2) is 18.1 Å². The Labute approximate surface area is 121 Å². The van der Waals surface area contributed by atoms with E-state index in [4.69, 9.17) is 4.42 Å². The van der Waals surface area contributed by atoms with Crippen LogP contribution < -0.4 is 5.32 Å². The number of thiophene rings is 1. The van der Waals surface area contributed by atoms with Gasteiger partial charge in [0.1, 0.15) is 0 Å². The van der Waals surface area contributed by atoms with Gasteiger partial charge in [0.15, 0.2) is 11.7 Å². The Kier molecular flexibility index (Phi) is 4.78. The van der Waals surface area contributed by atoms with Gasteiger partial charge >= 0.3 is 0 Å². The molecular formula is C11H12Br2N2OS. The predicted molar refractivity (Wildman–Crippen MR) is 77.5 cm³/mol. The van der Waals surface area contributed by atoms with Crippen molar-refractivity contribution in [3.8, 4) is 10.6 Å². The highest BCUT2D eigenvalue weighted by molar-refractivity contribution is 9.13. The van der Waals surface area contributed by atoms with E-state index in [0.29, 0.717) is 0 Å². The lowest BCUT2D eigenvalue weighted by Crippen LogP contribution is -2.16. The number of halogens is 2. The molecule has 0 amide bonds. The first-order chi connectivity index (χ1) is 8.20. The Morgan fingerprint density at radius 1 is 1.47 bits per heavy atom. The Morgan fingerprint density at radius 2 is 2.29 bits per heavy atom. The SMILES string of the molecule is CCNCCc1ncc(-c2cc(Br)c(Br)s2)o1. The van der Waals surface area contributed by atoms with Gasteiger partial charge in [0.05, 0.1) is 14.9 Å². The minimum atomic E-state index is 0.779. The molecule has 0 saturated carbocycles. The van der Waals surface area contributed by atoms with E-state index in [1.54, 1.807) is 17.5 Å². The van der Waals surface area contributed by atoms with Crippen molar-refractivity contribution in [2.45, 2.75) is 13.3 Å². The molecule has 0 aliphatic heterocycles. The molecule has 92 valence electrons. The quantitative estimate of drug-likeness (QED) is 0.795. The second-order valence-corrected chi connectivity index (χ2v) is 6.68. The predicted octanol–water partition coefficient (Wildman–Crippen LogP) is 4.08. The fourth-order valence-corrected chi connectivity index (χ4v) is 3.36.